The first-order valence-electron chi connectivity index (χ1n) is 3.95. The molecule has 4 heteroatoms. The molecule has 2 aromatic rings. The average molecular weight is 334 g/mol. The van der Waals surface area contributed by atoms with Crippen LogP contribution in [0.5, 0.6) is 0 Å². The van der Waals surface area contributed by atoms with E-state index < -0.39 is 0 Å². The van der Waals surface area contributed by atoms with E-state index in [2.05, 4.69) is 34.7 Å². The molecular weight excluding hydrogens is 329 g/mol. The summed E-state index contributed by atoms with van der Waals surface area (Å²) in [6.45, 7) is 0. The molecule has 0 radical (unpaired) electrons. The molecule has 0 fully saturated rings. The van der Waals surface area contributed by atoms with Gasteiger partial charge in [-0.3, -0.25) is 0 Å². The molecule has 0 aliphatic heterocycles. The van der Waals surface area contributed by atoms with Gasteiger partial charge < -0.3 is 0 Å². The van der Waals surface area contributed by atoms with Crippen LogP contribution < -0.4 is 0 Å². The van der Waals surface area contributed by atoms with Gasteiger partial charge in [0.25, 0.3) is 0 Å². The molecule has 70 valence electrons. The lowest BCUT2D eigenvalue weighted by atomic mass is 10.1. The Bertz CT molecular complexity index is 527. The third kappa shape index (κ3) is 1.74. The molecule has 1 nitrogen and oxygen atoms in total. The molecule has 0 aliphatic carbocycles. The van der Waals surface area contributed by atoms with Crippen molar-refractivity contribution in [1.82, 2.24) is 0 Å². The number of hydrogen-bond donors (Lipinski definition) is 0. The first-order valence-corrected chi connectivity index (χ1v) is 6.23. The van der Waals surface area contributed by atoms with Crippen LogP contribution in [-0.2, 0) is 6.42 Å². The first kappa shape index (κ1) is 10.2. The highest BCUT2D eigenvalue weighted by atomic mass is 127. The highest BCUT2D eigenvalue weighted by Crippen LogP contribution is 2.33. The van der Waals surface area contributed by atoms with Crippen LogP contribution in [0.25, 0.3) is 10.1 Å². The molecule has 1 aromatic heterocycles. The van der Waals surface area contributed by atoms with Crippen molar-refractivity contribution in [2.24, 2.45) is 0 Å². The summed E-state index contributed by atoms with van der Waals surface area (Å²) in [4.78, 5) is 0. The van der Waals surface area contributed by atoms with E-state index in [-0.39, 0.29) is 0 Å². The lowest BCUT2D eigenvalue weighted by Gasteiger charge is -2.00. The van der Waals surface area contributed by atoms with Crippen molar-refractivity contribution in [3.8, 4) is 6.07 Å². The molecule has 1 heterocycles. The average Bonchev–Trinajstić information content (AvgIpc) is 2.51. The second-order valence-electron chi connectivity index (χ2n) is 2.82. The Balaban J connectivity index is 2.76. The van der Waals surface area contributed by atoms with Crippen LogP contribution >= 0.6 is 45.5 Å². The van der Waals surface area contributed by atoms with Gasteiger partial charge in [-0.05, 0) is 51.7 Å². The van der Waals surface area contributed by atoms with Gasteiger partial charge in [-0.15, -0.1) is 11.3 Å². The van der Waals surface area contributed by atoms with Crippen LogP contribution in [0.4, 0.5) is 0 Å². The minimum absolute atomic E-state index is 0.378. The predicted molar refractivity (Wildman–Crippen MR) is 68.9 cm³/mol. The summed E-state index contributed by atoms with van der Waals surface area (Å²) in [6.07, 6.45) is 0.378. The molecule has 0 amide bonds. The Hall–Kier alpha value is -0.310. The van der Waals surface area contributed by atoms with Gasteiger partial charge in [0.2, 0.25) is 0 Å². The molecule has 0 spiro atoms. The number of nitrogens with zero attached hydrogens (tertiary/aromatic N) is 1. The number of halogens is 2. The highest BCUT2D eigenvalue weighted by molar-refractivity contribution is 14.1. The molecule has 0 N–H and O–H groups in total. The zero-order valence-electron chi connectivity index (χ0n) is 7.05. The van der Waals surface area contributed by atoms with Gasteiger partial charge in [0.15, 0.2) is 0 Å². The second kappa shape index (κ2) is 4.05. The molecule has 0 aliphatic rings. The molecule has 1 aromatic carbocycles. The summed E-state index contributed by atoms with van der Waals surface area (Å²) < 4.78 is 2.42. The summed E-state index contributed by atoms with van der Waals surface area (Å²) in [5, 5.41) is 10.5. The van der Waals surface area contributed by atoms with E-state index in [4.69, 9.17) is 16.9 Å². The lowest BCUT2D eigenvalue weighted by Crippen LogP contribution is -1.83. The Kier molecular flexibility index (Phi) is 2.96. The first-order chi connectivity index (χ1) is 6.72. The maximum atomic E-state index is 8.70. The van der Waals surface area contributed by atoms with Crippen LogP contribution in [0.1, 0.15) is 5.56 Å². The van der Waals surface area contributed by atoms with Gasteiger partial charge in [-0.1, -0.05) is 11.6 Å². The summed E-state index contributed by atoms with van der Waals surface area (Å²) >= 11 is 10.0. The van der Waals surface area contributed by atoms with Gasteiger partial charge in [0.05, 0.1) is 15.4 Å². The van der Waals surface area contributed by atoms with E-state index in [1.54, 1.807) is 11.3 Å². The van der Waals surface area contributed by atoms with Crippen molar-refractivity contribution in [2.45, 2.75) is 6.42 Å². The molecule has 0 bridgehead atoms. The predicted octanol–water partition coefficient (Wildman–Crippen LogP) is 4.23. The molecule has 14 heavy (non-hydrogen) atoms. The fraction of sp³-hybridized carbons (Fsp3) is 0.100. The summed E-state index contributed by atoms with van der Waals surface area (Å²) in [7, 11) is 0. The topological polar surface area (TPSA) is 23.8 Å². The van der Waals surface area contributed by atoms with Crippen molar-refractivity contribution >= 4 is 55.6 Å². The van der Waals surface area contributed by atoms with E-state index in [1.165, 1.54) is 7.58 Å². The molecule has 0 saturated carbocycles. The van der Waals surface area contributed by atoms with Gasteiger partial charge in [0.1, 0.15) is 0 Å². The molecular formula is C10H5ClINS. The van der Waals surface area contributed by atoms with Gasteiger partial charge in [-0.2, -0.15) is 5.26 Å². The standard InChI is InChI=1S/C10H5ClINS/c11-8-1-2-9-7(5-10(12)14-9)6(8)3-4-13/h1-2,5H,3H2. The summed E-state index contributed by atoms with van der Waals surface area (Å²) in [6, 6.07) is 8.10. The van der Waals surface area contributed by atoms with Crippen LogP contribution in [0.15, 0.2) is 18.2 Å². The minimum atomic E-state index is 0.378. The lowest BCUT2D eigenvalue weighted by molar-refractivity contribution is 1.29. The van der Waals surface area contributed by atoms with E-state index in [0.717, 1.165) is 10.9 Å². The monoisotopic (exact) mass is 333 g/mol. The van der Waals surface area contributed by atoms with E-state index in [0.29, 0.717) is 11.4 Å². The van der Waals surface area contributed by atoms with Crippen LogP contribution in [0, 0.1) is 14.2 Å². The molecule has 0 saturated heterocycles. The Labute approximate surface area is 104 Å². The van der Waals surface area contributed by atoms with Crippen molar-refractivity contribution in [1.29, 1.82) is 5.26 Å². The zero-order chi connectivity index (χ0) is 10.1. The Morgan fingerprint density at radius 3 is 3.00 bits per heavy atom. The zero-order valence-corrected chi connectivity index (χ0v) is 10.8. The number of benzene rings is 1. The van der Waals surface area contributed by atoms with Crippen molar-refractivity contribution in [3.63, 3.8) is 0 Å². The quantitative estimate of drug-likeness (QED) is 0.717. The maximum absolute atomic E-state index is 8.70. The third-order valence-electron chi connectivity index (χ3n) is 1.98. The summed E-state index contributed by atoms with van der Waals surface area (Å²) in [5.41, 5.74) is 0.950. The third-order valence-corrected chi connectivity index (χ3v) is 4.20. The smallest absolute Gasteiger partial charge is 0.0670 e. The van der Waals surface area contributed by atoms with Crippen molar-refractivity contribution in [2.75, 3.05) is 0 Å². The fourth-order valence-electron chi connectivity index (χ4n) is 1.37. The van der Waals surface area contributed by atoms with E-state index in [1.807, 2.05) is 12.1 Å². The Morgan fingerprint density at radius 2 is 2.29 bits per heavy atom. The number of rotatable bonds is 1. The highest BCUT2D eigenvalue weighted by Gasteiger charge is 2.08. The maximum Gasteiger partial charge on any atom is 0.0670 e. The van der Waals surface area contributed by atoms with E-state index >= 15 is 0 Å². The summed E-state index contributed by atoms with van der Waals surface area (Å²) in [5.74, 6) is 0. The number of fused-ring (bicyclic) bond motifs is 1. The second-order valence-corrected chi connectivity index (χ2v) is 6.21. The van der Waals surface area contributed by atoms with Crippen LogP contribution in [0.3, 0.4) is 0 Å². The molecule has 0 atom stereocenters. The van der Waals surface area contributed by atoms with Crippen molar-refractivity contribution < 1.29 is 0 Å². The number of nitriles is 1. The Morgan fingerprint density at radius 1 is 1.50 bits per heavy atom. The van der Waals surface area contributed by atoms with Crippen LogP contribution in [-0.4, -0.2) is 0 Å². The molecule has 0 unspecified atom stereocenters. The fourth-order valence-corrected chi connectivity index (χ4v) is 3.44. The molecule has 2 rings (SSSR count). The van der Waals surface area contributed by atoms with Gasteiger partial charge in [0, 0.05) is 9.72 Å². The largest absolute Gasteiger partial charge is 0.198 e. The number of thiophene rings is 1. The SMILES string of the molecule is N#CCc1c(Cl)ccc2sc(I)cc12. The van der Waals surface area contributed by atoms with Crippen LogP contribution in [0.2, 0.25) is 5.02 Å². The minimum Gasteiger partial charge on any atom is -0.198 e. The van der Waals surface area contributed by atoms with Crippen molar-refractivity contribution in [3.05, 3.63) is 31.7 Å². The van der Waals surface area contributed by atoms with Gasteiger partial charge in [-0.25, -0.2) is 0 Å². The normalized spacial score (nSPS) is 10.4. The van der Waals surface area contributed by atoms with E-state index in [9.17, 15) is 0 Å². The van der Waals surface area contributed by atoms with Gasteiger partial charge >= 0.3 is 0 Å². The number of hydrogen-bond acceptors (Lipinski definition) is 2.